The third-order valence-electron chi connectivity index (χ3n) is 2.88. The summed E-state index contributed by atoms with van der Waals surface area (Å²) in [5.41, 5.74) is 1.44. The molecule has 0 saturated heterocycles. The summed E-state index contributed by atoms with van der Waals surface area (Å²) in [7, 11) is 0. The Bertz CT molecular complexity index is 469. The number of hydrogen-bond donors (Lipinski definition) is 0. The van der Waals surface area contributed by atoms with Crippen molar-refractivity contribution in [1.82, 2.24) is 0 Å². The molecule has 0 aliphatic heterocycles. The highest BCUT2D eigenvalue weighted by Crippen LogP contribution is 2.26. The zero-order valence-corrected chi connectivity index (χ0v) is 13.7. The average Bonchev–Trinajstić information content (AvgIpc) is 2.32. The highest BCUT2D eigenvalue weighted by molar-refractivity contribution is 5.28. The van der Waals surface area contributed by atoms with Crippen molar-refractivity contribution in [3.8, 4) is 0 Å². The molecule has 5 nitrogen and oxygen atoms in total. The van der Waals surface area contributed by atoms with E-state index < -0.39 is 16.6 Å². The number of nitro groups is 1. The fourth-order valence-corrected chi connectivity index (χ4v) is 1.73. The lowest BCUT2D eigenvalue weighted by Gasteiger charge is -2.23. The minimum Gasteiger partial charge on any atom is -0.264 e. The lowest BCUT2D eigenvalue weighted by Crippen LogP contribution is -2.24. The standard InChI is InChI=1S/C16H25NO4/c1-15(2,3)13-9-7-12(8-10-13)14(11-17(18)19)20-21-16(4,5)6/h7-10,14H,11H2,1-6H3/t14-/m1/s1. The van der Waals surface area contributed by atoms with Crippen LogP contribution in [0.15, 0.2) is 24.3 Å². The summed E-state index contributed by atoms with van der Waals surface area (Å²) in [4.78, 5) is 20.9. The molecule has 0 unspecified atom stereocenters. The van der Waals surface area contributed by atoms with Crippen LogP contribution in [0.3, 0.4) is 0 Å². The molecule has 1 rings (SSSR count). The summed E-state index contributed by atoms with van der Waals surface area (Å²) in [6.07, 6.45) is -0.715. The van der Waals surface area contributed by atoms with Gasteiger partial charge in [0.15, 0.2) is 6.10 Å². The van der Waals surface area contributed by atoms with Crippen molar-refractivity contribution in [3.05, 3.63) is 45.5 Å². The van der Waals surface area contributed by atoms with E-state index in [2.05, 4.69) is 20.8 Å². The third kappa shape index (κ3) is 6.23. The van der Waals surface area contributed by atoms with Crippen LogP contribution in [0.4, 0.5) is 0 Å². The largest absolute Gasteiger partial charge is 0.264 e. The monoisotopic (exact) mass is 295 g/mol. The Balaban J connectivity index is 2.90. The van der Waals surface area contributed by atoms with Gasteiger partial charge in [0.2, 0.25) is 6.54 Å². The van der Waals surface area contributed by atoms with E-state index in [4.69, 9.17) is 9.78 Å². The van der Waals surface area contributed by atoms with Gasteiger partial charge in [-0.3, -0.25) is 10.1 Å². The van der Waals surface area contributed by atoms with Crippen LogP contribution in [-0.2, 0) is 15.2 Å². The van der Waals surface area contributed by atoms with E-state index >= 15 is 0 Å². The molecule has 0 spiro atoms. The summed E-state index contributed by atoms with van der Waals surface area (Å²) in [5.74, 6) is 0. The van der Waals surface area contributed by atoms with Gasteiger partial charge in [0.25, 0.3) is 0 Å². The van der Waals surface area contributed by atoms with Gasteiger partial charge in [-0.25, -0.2) is 9.78 Å². The number of rotatable bonds is 5. The fraction of sp³-hybridized carbons (Fsp3) is 0.625. The maximum atomic E-state index is 10.8. The first-order valence-corrected chi connectivity index (χ1v) is 7.06. The van der Waals surface area contributed by atoms with E-state index in [1.54, 1.807) is 0 Å². The molecule has 21 heavy (non-hydrogen) atoms. The molecule has 118 valence electrons. The Labute approximate surface area is 126 Å². The molecule has 1 aromatic rings. The molecule has 0 aliphatic carbocycles. The molecule has 0 fully saturated rings. The van der Waals surface area contributed by atoms with Crippen molar-refractivity contribution in [2.45, 2.75) is 58.7 Å². The van der Waals surface area contributed by atoms with E-state index in [9.17, 15) is 10.1 Å². The molecule has 0 aliphatic rings. The van der Waals surface area contributed by atoms with Gasteiger partial charge in [-0.2, -0.15) is 0 Å². The first-order valence-electron chi connectivity index (χ1n) is 7.06. The van der Waals surface area contributed by atoms with Crippen LogP contribution in [0.2, 0.25) is 0 Å². The Hall–Kier alpha value is -1.46. The van der Waals surface area contributed by atoms with Crippen molar-refractivity contribution in [2.75, 3.05) is 6.54 Å². The predicted octanol–water partition coefficient (Wildman–Crippen LogP) is 4.05. The molecular formula is C16H25NO4. The molecule has 0 N–H and O–H groups in total. The molecule has 5 heteroatoms. The van der Waals surface area contributed by atoms with E-state index in [-0.39, 0.29) is 12.0 Å². The summed E-state index contributed by atoms with van der Waals surface area (Å²) in [5, 5.41) is 10.8. The van der Waals surface area contributed by atoms with Crippen LogP contribution in [-0.4, -0.2) is 17.1 Å². The molecule has 0 bridgehead atoms. The molecule has 1 aromatic carbocycles. The average molecular weight is 295 g/mol. The third-order valence-corrected chi connectivity index (χ3v) is 2.88. The second-order valence-corrected chi connectivity index (χ2v) is 7.17. The Kier molecular flexibility index (Phi) is 5.48. The van der Waals surface area contributed by atoms with Gasteiger partial charge in [0, 0.05) is 4.92 Å². The Morgan fingerprint density at radius 3 is 2.00 bits per heavy atom. The van der Waals surface area contributed by atoms with E-state index in [0.29, 0.717) is 0 Å². The molecule has 0 radical (unpaired) electrons. The molecule has 0 heterocycles. The summed E-state index contributed by atoms with van der Waals surface area (Å²) < 4.78 is 0. The van der Waals surface area contributed by atoms with Crippen LogP contribution in [0.1, 0.15) is 58.8 Å². The number of hydrogen-bond acceptors (Lipinski definition) is 4. The maximum absolute atomic E-state index is 10.8. The van der Waals surface area contributed by atoms with Crippen molar-refractivity contribution in [1.29, 1.82) is 0 Å². The van der Waals surface area contributed by atoms with Crippen molar-refractivity contribution < 1.29 is 14.7 Å². The minimum atomic E-state index is -0.715. The molecule has 0 aromatic heterocycles. The van der Waals surface area contributed by atoms with E-state index in [1.165, 1.54) is 5.56 Å². The maximum Gasteiger partial charge on any atom is 0.237 e. The Morgan fingerprint density at radius 1 is 1.10 bits per heavy atom. The Morgan fingerprint density at radius 2 is 1.62 bits per heavy atom. The zero-order valence-electron chi connectivity index (χ0n) is 13.7. The molecule has 0 saturated carbocycles. The van der Waals surface area contributed by atoms with Crippen molar-refractivity contribution in [3.63, 3.8) is 0 Å². The van der Waals surface area contributed by atoms with Crippen molar-refractivity contribution >= 4 is 0 Å². The van der Waals surface area contributed by atoms with Crippen LogP contribution >= 0.6 is 0 Å². The van der Waals surface area contributed by atoms with Crippen LogP contribution in [0, 0.1) is 10.1 Å². The van der Waals surface area contributed by atoms with Gasteiger partial charge in [0.05, 0.1) is 5.60 Å². The summed E-state index contributed by atoms with van der Waals surface area (Å²) in [6.45, 7) is 11.5. The van der Waals surface area contributed by atoms with Gasteiger partial charge < -0.3 is 0 Å². The second kappa shape index (κ2) is 6.54. The highest BCUT2D eigenvalue weighted by atomic mass is 17.2. The first-order chi connectivity index (χ1) is 9.49. The SMILES string of the molecule is CC(C)(C)OO[C@H](C[N+](=O)[O-])c1ccc(C(C)(C)C)cc1. The second-order valence-electron chi connectivity index (χ2n) is 7.17. The van der Waals surface area contributed by atoms with Gasteiger partial charge in [-0.1, -0.05) is 45.0 Å². The molecule has 0 amide bonds. The van der Waals surface area contributed by atoms with E-state index in [1.807, 2.05) is 45.0 Å². The lowest BCUT2D eigenvalue weighted by molar-refractivity contribution is -0.513. The fourth-order valence-electron chi connectivity index (χ4n) is 1.73. The summed E-state index contributed by atoms with van der Waals surface area (Å²) in [6, 6.07) is 7.67. The van der Waals surface area contributed by atoms with Crippen LogP contribution < -0.4 is 0 Å². The van der Waals surface area contributed by atoms with Crippen molar-refractivity contribution in [2.24, 2.45) is 0 Å². The first kappa shape index (κ1) is 17.6. The van der Waals surface area contributed by atoms with Crippen LogP contribution in [0.25, 0.3) is 0 Å². The van der Waals surface area contributed by atoms with Crippen LogP contribution in [0.5, 0.6) is 0 Å². The number of benzene rings is 1. The van der Waals surface area contributed by atoms with Gasteiger partial charge in [-0.05, 0) is 37.3 Å². The number of nitrogens with zero attached hydrogens (tertiary/aromatic N) is 1. The predicted molar refractivity (Wildman–Crippen MR) is 81.7 cm³/mol. The smallest absolute Gasteiger partial charge is 0.237 e. The van der Waals surface area contributed by atoms with Gasteiger partial charge >= 0.3 is 0 Å². The minimum absolute atomic E-state index is 0.0416. The van der Waals surface area contributed by atoms with Gasteiger partial charge in [-0.15, -0.1) is 0 Å². The zero-order chi connectivity index (χ0) is 16.3. The molecule has 1 atom stereocenters. The quantitative estimate of drug-likeness (QED) is 0.467. The van der Waals surface area contributed by atoms with Gasteiger partial charge in [0.1, 0.15) is 0 Å². The summed E-state index contributed by atoms with van der Waals surface area (Å²) >= 11 is 0. The normalized spacial score (nSPS) is 14.0. The topological polar surface area (TPSA) is 61.6 Å². The van der Waals surface area contributed by atoms with E-state index in [0.717, 1.165) is 5.56 Å². The highest BCUT2D eigenvalue weighted by Gasteiger charge is 2.24. The lowest BCUT2D eigenvalue weighted by atomic mass is 9.86. The molecular weight excluding hydrogens is 270 g/mol.